The number of benzene rings is 1. The summed E-state index contributed by atoms with van der Waals surface area (Å²) in [5.74, 6) is 1.09. The lowest BCUT2D eigenvalue weighted by Gasteiger charge is -2.20. The normalized spacial score (nSPS) is 14.6. The van der Waals surface area contributed by atoms with Gasteiger partial charge in [0.15, 0.2) is 0 Å². The van der Waals surface area contributed by atoms with E-state index in [9.17, 15) is 9.59 Å². The number of rotatable bonds is 7. The molecule has 1 aromatic carbocycles. The molecule has 30 heavy (non-hydrogen) atoms. The second-order valence-electron chi connectivity index (χ2n) is 7.70. The van der Waals surface area contributed by atoms with Crippen LogP contribution in [-0.4, -0.2) is 45.9 Å². The zero-order valence-corrected chi connectivity index (χ0v) is 18.0. The summed E-state index contributed by atoms with van der Waals surface area (Å²) in [6.45, 7) is 2.89. The summed E-state index contributed by atoms with van der Waals surface area (Å²) in [5, 5.41) is 4.87. The van der Waals surface area contributed by atoms with Crippen LogP contribution in [0.5, 0.6) is 0 Å². The maximum absolute atomic E-state index is 12.8. The lowest BCUT2D eigenvalue weighted by molar-refractivity contribution is -0.131. The van der Waals surface area contributed by atoms with Crippen LogP contribution in [0, 0.1) is 0 Å². The van der Waals surface area contributed by atoms with Crippen molar-refractivity contribution in [3.8, 4) is 0 Å². The first-order chi connectivity index (χ1) is 14.7. The highest BCUT2D eigenvalue weighted by molar-refractivity contribution is 7.12. The number of carbonyl (C=O) groups is 2. The molecule has 1 N–H and O–H groups in total. The molecule has 0 atom stereocenters. The Kier molecular flexibility index (Phi) is 6.79. The highest BCUT2D eigenvalue weighted by Crippen LogP contribution is 2.18. The molecule has 2 aromatic heterocycles. The number of aryl methyl sites for hydroxylation is 1. The maximum Gasteiger partial charge on any atom is 0.261 e. The molecule has 4 rings (SSSR count). The minimum atomic E-state index is -0.0518. The van der Waals surface area contributed by atoms with Gasteiger partial charge in [-0.15, -0.1) is 11.3 Å². The van der Waals surface area contributed by atoms with Crippen LogP contribution in [0.3, 0.4) is 0 Å². The largest absolute Gasteiger partial charge is 0.351 e. The Hall–Kier alpha value is -2.67. The van der Waals surface area contributed by atoms with E-state index in [1.165, 1.54) is 24.2 Å². The average molecular weight is 425 g/mol. The summed E-state index contributed by atoms with van der Waals surface area (Å²) in [5.41, 5.74) is 1.97. The minimum Gasteiger partial charge on any atom is -0.351 e. The molecule has 6 nitrogen and oxygen atoms in total. The molecule has 3 heterocycles. The number of para-hydroxylation sites is 2. The van der Waals surface area contributed by atoms with E-state index in [0.29, 0.717) is 30.8 Å². The van der Waals surface area contributed by atoms with Gasteiger partial charge in [-0.3, -0.25) is 9.59 Å². The van der Waals surface area contributed by atoms with Gasteiger partial charge in [-0.1, -0.05) is 31.0 Å². The number of fused-ring (bicyclic) bond motifs is 1. The van der Waals surface area contributed by atoms with Crippen molar-refractivity contribution < 1.29 is 9.59 Å². The Labute approximate surface area is 180 Å². The van der Waals surface area contributed by atoms with Gasteiger partial charge in [-0.2, -0.15) is 0 Å². The van der Waals surface area contributed by atoms with Gasteiger partial charge in [0.1, 0.15) is 5.82 Å². The van der Waals surface area contributed by atoms with Gasteiger partial charge in [0, 0.05) is 39.0 Å². The van der Waals surface area contributed by atoms with Crippen LogP contribution in [0.1, 0.15) is 47.6 Å². The molecular weight excluding hydrogens is 396 g/mol. The molecule has 7 heteroatoms. The van der Waals surface area contributed by atoms with Crippen molar-refractivity contribution in [1.29, 1.82) is 0 Å². The van der Waals surface area contributed by atoms with E-state index in [-0.39, 0.29) is 11.8 Å². The summed E-state index contributed by atoms with van der Waals surface area (Å²) >= 11 is 1.44. The van der Waals surface area contributed by atoms with E-state index in [1.54, 1.807) is 0 Å². The van der Waals surface area contributed by atoms with E-state index in [2.05, 4.69) is 9.88 Å². The highest BCUT2D eigenvalue weighted by atomic mass is 32.1. The molecule has 158 valence electrons. The minimum absolute atomic E-state index is 0.0518. The lowest BCUT2D eigenvalue weighted by atomic mass is 10.2. The monoisotopic (exact) mass is 424 g/mol. The lowest BCUT2D eigenvalue weighted by Crippen LogP contribution is -2.32. The molecule has 0 bridgehead atoms. The number of hydrogen-bond acceptors (Lipinski definition) is 4. The molecule has 3 aromatic rings. The molecule has 1 aliphatic heterocycles. The standard InChI is InChI=1S/C23H28N4O2S/c28-22(26-14-5-1-2-6-15-26)12-16-27-19-9-4-3-8-18(19)25-21(27)11-13-24-23(29)20-10-7-17-30-20/h3-4,7-10,17H,1-2,5-6,11-16H2,(H,24,29). The van der Waals surface area contributed by atoms with Crippen molar-refractivity contribution in [2.45, 2.75) is 45.1 Å². The van der Waals surface area contributed by atoms with Crippen molar-refractivity contribution in [1.82, 2.24) is 19.8 Å². The molecular formula is C23H28N4O2S. The van der Waals surface area contributed by atoms with Crippen LogP contribution < -0.4 is 5.32 Å². The number of likely N-dealkylation sites (tertiary alicyclic amines) is 1. The third kappa shape index (κ3) is 4.90. The number of nitrogens with zero attached hydrogens (tertiary/aromatic N) is 3. The van der Waals surface area contributed by atoms with Gasteiger partial charge in [-0.05, 0) is 36.4 Å². The van der Waals surface area contributed by atoms with E-state index in [4.69, 9.17) is 4.98 Å². The topological polar surface area (TPSA) is 67.2 Å². The van der Waals surface area contributed by atoms with Crippen LogP contribution >= 0.6 is 11.3 Å². The van der Waals surface area contributed by atoms with Gasteiger partial charge in [0.05, 0.1) is 15.9 Å². The second kappa shape index (κ2) is 9.89. The fraction of sp³-hybridized carbons (Fsp3) is 0.435. The SMILES string of the molecule is O=C(NCCc1nc2ccccc2n1CCC(=O)N1CCCCCC1)c1cccs1. The quantitative estimate of drug-likeness (QED) is 0.626. The Morgan fingerprint density at radius 1 is 1.03 bits per heavy atom. The molecule has 1 saturated heterocycles. The molecule has 1 aliphatic rings. The molecule has 0 unspecified atom stereocenters. The van der Waals surface area contributed by atoms with Crippen LogP contribution in [0.4, 0.5) is 0 Å². The highest BCUT2D eigenvalue weighted by Gasteiger charge is 2.17. The zero-order chi connectivity index (χ0) is 20.8. The van der Waals surface area contributed by atoms with Crippen LogP contribution in [0.2, 0.25) is 0 Å². The first kappa shape index (κ1) is 20.6. The average Bonchev–Trinajstić information content (AvgIpc) is 3.32. The third-order valence-corrected chi connectivity index (χ3v) is 6.49. The smallest absolute Gasteiger partial charge is 0.261 e. The van der Waals surface area contributed by atoms with Crippen LogP contribution in [0.25, 0.3) is 11.0 Å². The van der Waals surface area contributed by atoms with Gasteiger partial charge >= 0.3 is 0 Å². The van der Waals surface area contributed by atoms with Crippen molar-refractivity contribution in [2.75, 3.05) is 19.6 Å². The second-order valence-corrected chi connectivity index (χ2v) is 8.64. The summed E-state index contributed by atoms with van der Waals surface area (Å²) in [6.07, 6.45) is 5.76. The first-order valence-electron chi connectivity index (χ1n) is 10.8. The number of amides is 2. The van der Waals surface area contributed by atoms with Crippen molar-refractivity contribution in [3.63, 3.8) is 0 Å². The summed E-state index contributed by atoms with van der Waals surface area (Å²) in [6, 6.07) is 11.7. The molecule has 0 aliphatic carbocycles. The van der Waals surface area contributed by atoms with Gasteiger partial charge < -0.3 is 14.8 Å². The molecule has 0 radical (unpaired) electrons. The molecule has 2 amide bonds. The molecule has 1 fully saturated rings. The zero-order valence-electron chi connectivity index (χ0n) is 17.2. The van der Waals surface area contributed by atoms with Crippen LogP contribution in [0.15, 0.2) is 41.8 Å². The van der Waals surface area contributed by atoms with Gasteiger partial charge in [-0.25, -0.2) is 4.98 Å². The van der Waals surface area contributed by atoms with E-state index >= 15 is 0 Å². The number of carbonyl (C=O) groups excluding carboxylic acids is 2. The molecule has 0 saturated carbocycles. The Morgan fingerprint density at radius 2 is 1.83 bits per heavy atom. The van der Waals surface area contributed by atoms with E-state index in [1.807, 2.05) is 46.7 Å². The first-order valence-corrected chi connectivity index (χ1v) is 11.6. The van der Waals surface area contributed by atoms with Crippen LogP contribution in [-0.2, 0) is 17.8 Å². The van der Waals surface area contributed by atoms with Gasteiger partial charge in [0.2, 0.25) is 5.91 Å². The fourth-order valence-electron chi connectivity index (χ4n) is 4.03. The summed E-state index contributed by atoms with van der Waals surface area (Å²) < 4.78 is 2.14. The number of imidazole rings is 1. The number of aromatic nitrogens is 2. The third-order valence-electron chi connectivity index (χ3n) is 5.62. The number of hydrogen-bond donors (Lipinski definition) is 1. The maximum atomic E-state index is 12.8. The predicted octanol–water partition coefficient (Wildman–Crippen LogP) is 3.86. The fourth-order valence-corrected chi connectivity index (χ4v) is 4.67. The predicted molar refractivity (Wildman–Crippen MR) is 120 cm³/mol. The Balaban J connectivity index is 1.42. The van der Waals surface area contributed by atoms with Crippen molar-refractivity contribution in [2.24, 2.45) is 0 Å². The van der Waals surface area contributed by atoms with Gasteiger partial charge in [0.25, 0.3) is 5.91 Å². The van der Waals surface area contributed by atoms with E-state index in [0.717, 1.165) is 42.8 Å². The summed E-state index contributed by atoms with van der Waals surface area (Å²) in [7, 11) is 0. The Morgan fingerprint density at radius 3 is 2.60 bits per heavy atom. The molecule has 0 spiro atoms. The van der Waals surface area contributed by atoms with Crippen molar-refractivity contribution in [3.05, 3.63) is 52.5 Å². The summed E-state index contributed by atoms with van der Waals surface area (Å²) in [4.78, 5) is 32.5. The number of nitrogens with one attached hydrogen (secondary N) is 1. The Bertz CT molecular complexity index is 988. The number of thiophene rings is 1. The van der Waals surface area contributed by atoms with E-state index < -0.39 is 0 Å². The van der Waals surface area contributed by atoms with Crippen molar-refractivity contribution >= 4 is 34.2 Å².